The van der Waals surface area contributed by atoms with Crippen molar-refractivity contribution in [2.75, 3.05) is 99.0 Å². The Morgan fingerprint density at radius 3 is 1.55 bits per heavy atom. The van der Waals surface area contributed by atoms with Crippen molar-refractivity contribution < 1.29 is 33.5 Å². The van der Waals surface area contributed by atoms with Crippen LogP contribution in [-0.4, -0.2) is 176 Å². The molecule has 2 unspecified atom stereocenters. The van der Waals surface area contributed by atoms with Crippen LogP contribution < -0.4 is 53.2 Å². The minimum absolute atomic E-state index is 0.0586. The summed E-state index contributed by atoms with van der Waals surface area (Å²) in [5, 5.41) is 20.9. The lowest BCUT2D eigenvalue weighted by Crippen LogP contribution is -2.59. The number of anilines is 6. The van der Waals surface area contributed by atoms with Crippen molar-refractivity contribution in [1.29, 1.82) is 0 Å². The third-order valence-electron chi connectivity index (χ3n) is 14.2. The molecule has 6 aliphatic rings. The molecule has 10 rings (SSSR count). The summed E-state index contributed by atoms with van der Waals surface area (Å²) in [6.07, 6.45) is 10.1. The summed E-state index contributed by atoms with van der Waals surface area (Å²) in [7, 11) is 0. The summed E-state index contributed by atoms with van der Waals surface area (Å²) >= 11 is 2.57. The lowest BCUT2D eigenvalue weighted by molar-refractivity contribution is -0.129. The van der Waals surface area contributed by atoms with E-state index in [1.807, 2.05) is 26.0 Å². The maximum absolute atomic E-state index is 13.0. The topological polar surface area (TPSA) is 326 Å². The zero-order chi connectivity index (χ0) is 55.5. The largest absolute Gasteiger partial charge is 0.444 e. The minimum atomic E-state index is -0.645. The highest BCUT2D eigenvalue weighted by Gasteiger charge is 2.34. The number of ketones is 1. The van der Waals surface area contributed by atoms with Gasteiger partial charge in [-0.05, 0) is 147 Å². The number of nitrogens with one attached hydrogen (secondary N) is 6. The molecule has 0 aromatic carbocycles. The second-order valence-corrected chi connectivity index (χ2v) is 23.2. The molecular weight excluding hydrogens is 1040 g/mol. The highest BCUT2D eigenvalue weighted by Crippen LogP contribution is 2.29. The fourth-order valence-corrected chi connectivity index (χ4v) is 11.2. The molecule has 2 atom stereocenters. The quantitative estimate of drug-likeness (QED) is 0.0954. The lowest BCUT2D eigenvalue weighted by Gasteiger charge is -2.42. The molecule has 6 fully saturated rings. The lowest BCUT2D eigenvalue weighted by atomic mass is 9.93. The van der Waals surface area contributed by atoms with E-state index < -0.39 is 23.5 Å². The number of amides is 5. The number of carbonyl (C=O) groups excluding carboxylic acids is 6. The number of Topliss-reactive ketones (excluding diaryl/α,β-unsaturated/α-hetero) is 1. The van der Waals surface area contributed by atoms with Gasteiger partial charge in [-0.15, -0.1) is 0 Å². The first-order valence-corrected chi connectivity index (χ1v) is 28.4. The molecule has 25 nitrogen and oxygen atoms in total. The van der Waals surface area contributed by atoms with Gasteiger partial charge in [0.25, 0.3) is 11.8 Å². The number of hydrogen-bond donors (Lipinski definition) is 8. The van der Waals surface area contributed by atoms with Crippen LogP contribution in [-0.2, 0) is 19.1 Å². The number of ether oxygens (including phenoxy) is 1. The minimum Gasteiger partial charge on any atom is -0.444 e. The van der Waals surface area contributed by atoms with Crippen LogP contribution in [0, 0.1) is 25.7 Å². The first kappa shape index (κ1) is 57.5. The van der Waals surface area contributed by atoms with Gasteiger partial charge in [0, 0.05) is 69.2 Å². The number of rotatable bonds is 13. The van der Waals surface area contributed by atoms with Crippen molar-refractivity contribution in [3.05, 3.63) is 47.3 Å². The van der Waals surface area contributed by atoms with E-state index in [1.165, 1.54) is 28.0 Å². The summed E-state index contributed by atoms with van der Waals surface area (Å²) in [5.41, 5.74) is 12.5. The second kappa shape index (κ2) is 26.3. The number of nitrogens with two attached hydrogens (primary N) is 2. The zero-order valence-electron chi connectivity index (χ0n) is 45.1. The van der Waals surface area contributed by atoms with E-state index in [0.717, 1.165) is 125 Å². The Labute approximate surface area is 462 Å². The Kier molecular flexibility index (Phi) is 19.4. The number of hydrogen-bond acceptors (Lipinski definition) is 22. The van der Waals surface area contributed by atoms with Crippen LogP contribution >= 0.6 is 23.1 Å². The number of primary amides is 2. The normalized spacial score (nSPS) is 20.4. The molecule has 422 valence electrons. The van der Waals surface area contributed by atoms with Gasteiger partial charge in [-0.3, -0.25) is 33.8 Å². The molecule has 4 aromatic heterocycles. The van der Waals surface area contributed by atoms with Gasteiger partial charge in [0.15, 0.2) is 28.8 Å². The molecule has 10 heterocycles. The number of aromatic nitrogens is 6. The Hall–Kier alpha value is -6.68. The van der Waals surface area contributed by atoms with Gasteiger partial charge in [0.2, 0.25) is 11.8 Å². The Balaban J connectivity index is 0.000000171. The van der Waals surface area contributed by atoms with Gasteiger partial charge < -0.3 is 57.9 Å². The van der Waals surface area contributed by atoms with Gasteiger partial charge in [-0.2, -0.15) is 8.75 Å². The number of piperidine rings is 4. The van der Waals surface area contributed by atoms with Crippen LogP contribution in [0.2, 0.25) is 0 Å². The molecule has 0 saturated carbocycles. The molecule has 0 spiro atoms. The van der Waals surface area contributed by atoms with Gasteiger partial charge >= 0.3 is 6.09 Å². The molecule has 4 aromatic rings. The van der Waals surface area contributed by atoms with Gasteiger partial charge in [0.1, 0.15) is 27.2 Å². The average Bonchev–Trinajstić information content (AvgIpc) is 4.03. The summed E-state index contributed by atoms with van der Waals surface area (Å²) in [4.78, 5) is 97.0. The molecule has 0 aliphatic carbocycles. The number of carbonyl (C=O) groups is 6. The van der Waals surface area contributed by atoms with E-state index in [0.29, 0.717) is 42.4 Å². The first-order chi connectivity index (χ1) is 37.3. The highest BCUT2D eigenvalue weighted by atomic mass is 32.1. The third-order valence-corrected chi connectivity index (χ3v) is 15.8. The molecule has 78 heavy (non-hydrogen) atoms. The highest BCUT2D eigenvalue weighted by molar-refractivity contribution is 7.10. The van der Waals surface area contributed by atoms with E-state index in [4.69, 9.17) is 16.2 Å². The smallest absolute Gasteiger partial charge is 0.411 e. The van der Waals surface area contributed by atoms with Gasteiger partial charge in [-0.25, -0.2) is 24.7 Å². The SMILES string of the molecule is CC(C)(C)OC(=O)N1CC(=O)C1.Cc1cc(Nc2nc(N3CCCC(NC(=O)C4CCN(C5CNC5)CC4)C3)cnc2C(N)=O)sn1.Cc1cc(Nc2nc(N3CCCC(NC(=O)C4CCNCC4)C3)cnc2C(N)=O)sn1. The van der Waals surface area contributed by atoms with Crippen molar-refractivity contribution >= 4 is 91.8 Å². The molecule has 6 saturated heterocycles. The van der Waals surface area contributed by atoms with Crippen molar-refractivity contribution in [2.24, 2.45) is 23.3 Å². The van der Waals surface area contributed by atoms with Crippen molar-refractivity contribution in [1.82, 2.24) is 59.7 Å². The maximum Gasteiger partial charge on any atom is 0.411 e. The van der Waals surface area contributed by atoms with E-state index in [2.05, 4.69) is 75.3 Å². The predicted molar refractivity (Wildman–Crippen MR) is 297 cm³/mol. The third kappa shape index (κ3) is 16.0. The first-order valence-electron chi connectivity index (χ1n) is 26.8. The molecule has 0 bridgehead atoms. The number of likely N-dealkylation sites (tertiary alicyclic amines) is 2. The van der Waals surface area contributed by atoms with E-state index in [1.54, 1.807) is 33.2 Å². The molecule has 0 radical (unpaired) electrons. The Bertz CT molecular complexity index is 2750. The second-order valence-electron chi connectivity index (χ2n) is 21.6. The van der Waals surface area contributed by atoms with Crippen LogP contribution in [0.15, 0.2) is 24.5 Å². The van der Waals surface area contributed by atoms with Crippen LogP contribution in [0.4, 0.5) is 38.1 Å². The fourth-order valence-electron chi connectivity index (χ4n) is 9.90. The standard InChI is InChI=1S/C23H33N9O2S.C20H28N8O2S.C8H13NO3/c1-14-9-19(35-30-14)29-22-20(21(24)33)26-12-18(28-22)32-6-2-3-16(13-32)27-23(34)15-4-7-31(8-5-15)17-10-25-11-17;1-12-9-16(31-27-12)26-19-17(18(21)29)23-10-15(25-19)28-8-2-3-14(11-28)24-20(30)13-4-6-22-7-5-13;1-8(2,3)12-7(11)9-4-6(10)5-9/h9,12,15-17,25H,2-8,10-11,13H2,1H3,(H2,24,33)(H,27,34)(H,28,29);9-10,13-14,22H,2-8,11H2,1H3,(H2,21,29)(H,24,30)(H,25,26);4-5H2,1-3H3. The van der Waals surface area contributed by atoms with Crippen molar-refractivity contribution in [2.45, 2.75) is 110 Å². The van der Waals surface area contributed by atoms with Crippen molar-refractivity contribution in [3.8, 4) is 0 Å². The zero-order valence-corrected chi connectivity index (χ0v) is 46.8. The molecular formula is C51H74N18O7S2. The number of nitrogens with zero attached hydrogens (tertiary/aromatic N) is 10. The summed E-state index contributed by atoms with van der Waals surface area (Å²) < 4.78 is 13.5. The average molecular weight is 1120 g/mol. The molecule has 6 aliphatic heterocycles. The maximum atomic E-state index is 13.0. The predicted octanol–water partition coefficient (Wildman–Crippen LogP) is 2.83. The van der Waals surface area contributed by atoms with Gasteiger partial charge in [-0.1, -0.05) is 0 Å². The Morgan fingerprint density at radius 2 is 1.15 bits per heavy atom. The van der Waals surface area contributed by atoms with Crippen LogP contribution in [0.1, 0.15) is 105 Å². The molecule has 5 amide bonds. The Morgan fingerprint density at radius 1 is 0.679 bits per heavy atom. The van der Waals surface area contributed by atoms with Crippen molar-refractivity contribution in [3.63, 3.8) is 0 Å². The monoisotopic (exact) mass is 1110 g/mol. The fraction of sp³-hybridized carbons (Fsp3) is 0.608. The van der Waals surface area contributed by atoms with E-state index in [9.17, 15) is 28.8 Å². The van der Waals surface area contributed by atoms with E-state index in [-0.39, 0.29) is 66.0 Å². The van der Waals surface area contributed by atoms with Crippen LogP contribution in [0.3, 0.4) is 0 Å². The number of aryl methyl sites for hydroxylation is 2. The van der Waals surface area contributed by atoms with Crippen LogP contribution in [0.25, 0.3) is 0 Å². The molecule has 10 N–H and O–H groups in total. The summed E-state index contributed by atoms with van der Waals surface area (Å²) in [5.74, 6) is 1.22. The summed E-state index contributed by atoms with van der Waals surface area (Å²) in [6, 6.07) is 4.52. The molecule has 27 heteroatoms. The van der Waals surface area contributed by atoms with Gasteiger partial charge in [0.05, 0.1) is 36.9 Å². The van der Waals surface area contributed by atoms with Crippen LogP contribution in [0.5, 0.6) is 0 Å². The summed E-state index contributed by atoms with van der Waals surface area (Å²) in [6.45, 7) is 18.4. The van der Waals surface area contributed by atoms with E-state index >= 15 is 0 Å².